The zero-order chi connectivity index (χ0) is 22.0. The van der Waals surface area contributed by atoms with Crippen LogP contribution in [-0.4, -0.2) is 17.7 Å². The van der Waals surface area contributed by atoms with E-state index in [1.165, 1.54) is 0 Å². The molecule has 1 aliphatic rings. The van der Waals surface area contributed by atoms with Crippen LogP contribution in [0.25, 0.3) is 0 Å². The number of anilines is 3. The van der Waals surface area contributed by atoms with Crippen LogP contribution >= 0.6 is 11.6 Å². The largest absolute Gasteiger partial charge is 0.350 e. The second kappa shape index (κ2) is 8.45. The number of aryl methyl sites for hydroxylation is 1. The Hall–Kier alpha value is -3.90. The van der Waals surface area contributed by atoms with E-state index in [4.69, 9.17) is 11.6 Å². The van der Waals surface area contributed by atoms with Gasteiger partial charge in [-0.15, -0.1) is 0 Å². The third-order valence-electron chi connectivity index (χ3n) is 4.77. The van der Waals surface area contributed by atoms with Crippen LogP contribution < -0.4 is 15.5 Å². The van der Waals surface area contributed by atoms with Gasteiger partial charge < -0.3 is 10.6 Å². The van der Waals surface area contributed by atoms with Gasteiger partial charge in [-0.05, 0) is 55.5 Å². The fraction of sp³-hybridized carbons (Fsp3) is 0.0417. The molecule has 0 spiro atoms. The van der Waals surface area contributed by atoms with Gasteiger partial charge in [0.2, 0.25) is 0 Å². The highest BCUT2D eigenvalue weighted by molar-refractivity contribution is 6.53. The van der Waals surface area contributed by atoms with Crippen molar-refractivity contribution >= 4 is 46.4 Å². The minimum absolute atomic E-state index is 0.00706. The van der Waals surface area contributed by atoms with E-state index in [1.54, 1.807) is 54.6 Å². The topological polar surface area (TPSA) is 78.5 Å². The quantitative estimate of drug-likeness (QED) is 0.575. The molecular formula is C24H18ClN3O3. The van der Waals surface area contributed by atoms with E-state index in [9.17, 15) is 14.4 Å². The third-order valence-corrected chi connectivity index (χ3v) is 5.12. The number of halogens is 1. The van der Waals surface area contributed by atoms with Crippen LogP contribution in [0.3, 0.4) is 0 Å². The molecule has 3 aromatic rings. The zero-order valence-corrected chi connectivity index (χ0v) is 17.3. The van der Waals surface area contributed by atoms with Gasteiger partial charge in [-0.3, -0.25) is 14.4 Å². The molecule has 6 nitrogen and oxygen atoms in total. The lowest BCUT2D eigenvalue weighted by molar-refractivity contribution is -0.120. The van der Waals surface area contributed by atoms with Gasteiger partial charge >= 0.3 is 0 Å². The zero-order valence-electron chi connectivity index (χ0n) is 16.6. The molecule has 31 heavy (non-hydrogen) atoms. The third kappa shape index (κ3) is 4.20. The van der Waals surface area contributed by atoms with Crippen molar-refractivity contribution < 1.29 is 14.4 Å². The Morgan fingerprint density at radius 2 is 1.42 bits per heavy atom. The molecule has 0 fully saturated rings. The highest BCUT2D eigenvalue weighted by Crippen LogP contribution is 2.30. The lowest BCUT2D eigenvalue weighted by Gasteiger charge is -2.15. The van der Waals surface area contributed by atoms with E-state index in [0.29, 0.717) is 22.6 Å². The summed E-state index contributed by atoms with van der Waals surface area (Å²) < 4.78 is 0. The minimum Gasteiger partial charge on any atom is -0.350 e. The summed E-state index contributed by atoms with van der Waals surface area (Å²) in [4.78, 5) is 38.7. The van der Waals surface area contributed by atoms with E-state index in [2.05, 4.69) is 10.6 Å². The maximum absolute atomic E-state index is 12.8. The number of carbonyl (C=O) groups excluding carboxylic acids is 3. The Labute approximate surface area is 184 Å². The molecule has 2 N–H and O–H groups in total. The van der Waals surface area contributed by atoms with E-state index in [-0.39, 0.29) is 16.6 Å². The summed E-state index contributed by atoms with van der Waals surface area (Å²) in [5.41, 5.74) is 3.21. The van der Waals surface area contributed by atoms with E-state index in [1.807, 2.05) is 31.2 Å². The number of hydrogen-bond acceptors (Lipinski definition) is 4. The number of nitrogens with zero attached hydrogens (tertiary/aromatic N) is 1. The molecule has 3 amide bonds. The van der Waals surface area contributed by atoms with Gasteiger partial charge in [0, 0.05) is 16.9 Å². The Morgan fingerprint density at radius 3 is 2.06 bits per heavy atom. The van der Waals surface area contributed by atoms with Crippen molar-refractivity contribution in [2.45, 2.75) is 6.92 Å². The van der Waals surface area contributed by atoms with Crippen molar-refractivity contribution in [2.75, 3.05) is 15.5 Å². The summed E-state index contributed by atoms with van der Waals surface area (Å²) in [7, 11) is 0. The predicted octanol–water partition coefficient (Wildman–Crippen LogP) is 4.68. The summed E-state index contributed by atoms with van der Waals surface area (Å²) in [6.07, 6.45) is 0. The molecule has 0 aliphatic carbocycles. The first-order valence-electron chi connectivity index (χ1n) is 9.53. The van der Waals surface area contributed by atoms with Crippen LogP contribution in [0.2, 0.25) is 0 Å². The first-order chi connectivity index (χ1) is 14.9. The summed E-state index contributed by atoms with van der Waals surface area (Å²) in [5.74, 6) is -1.38. The van der Waals surface area contributed by atoms with Gasteiger partial charge in [-0.25, -0.2) is 4.90 Å². The van der Waals surface area contributed by atoms with Crippen LogP contribution in [0, 0.1) is 6.92 Å². The minimum atomic E-state index is -0.588. The highest BCUT2D eigenvalue weighted by Gasteiger charge is 2.38. The van der Waals surface area contributed by atoms with Crippen LogP contribution in [0.1, 0.15) is 15.9 Å². The SMILES string of the molecule is Cc1ccc(NC(=O)c2ccc(NC3=C(Cl)C(=O)N(c4ccccc4)C3=O)cc2)cc1. The molecule has 0 unspecified atom stereocenters. The molecule has 3 aromatic carbocycles. The van der Waals surface area contributed by atoms with Gasteiger partial charge in [-0.1, -0.05) is 47.5 Å². The van der Waals surface area contributed by atoms with Crippen molar-refractivity contribution in [1.29, 1.82) is 0 Å². The average Bonchev–Trinajstić information content (AvgIpc) is 2.99. The number of benzene rings is 3. The molecule has 1 aliphatic heterocycles. The Kier molecular flexibility index (Phi) is 5.56. The van der Waals surface area contributed by atoms with Crippen LogP contribution in [0.5, 0.6) is 0 Å². The van der Waals surface area contributed by atoms with E-state index < -0.39 is 11.8 Å². The first kappa shape index (κ1) is 20.4. The number of hydrogen-bond donors (Lipinski definition) is 2. The predicted molar refractivity (Wildman–Crippen MR) is 121 cm³/mol. The fourth-order valence-electron chi connectivity index (χ4n) is 3.11. The molecule has 0 atom stereocenters. The Bertz CT molecular complexity index is 1190. The summed E-state index contributed by atoms with van der Waals surface area (Å²) in [6, 6.07) is 22.6. The summed E-state index contributed by atoms with van der Waals surface area (Å²) in [5, 5.41) is 5.54. The summed E-state index contributed by atoms with van der Waals surface area (Å²) in [6.45, 7) is 1.97. The lowest BCUT2D eigenvalue weighted by Crippen LogP contribution is -2.32. The van der Waals surface area contributed by atoms with Crippen molar-refractivity contribution in [1.82, 2.24) is 0 Å². The number of carbonyl (C=O) groups is 3. The molecule has 154 valence electrons. The van der Waals surface area contributed by atoms with Crippen LogP contribution in [-0.2, 0) is 9.59 Å². The second-order valence-electron chi connectivity index (χ2n) is 6.99. The fourth-order valence-corrected chi connectivity index (χ4v) is 3.32. The van der Waals surface area contributed by atoms with Crippen molar-refractivity contribution in [3.8, 4) is 0 Å². The van der Waals surface area contributed by atoms with Gasteiger partial charge in [0.05, 0.1) is 5.69 Å². The Morgan fingerprint density at radius 1 is 0.806 bits per heavy atom. The standard InChI is InChI=1S/C24H18ClN3O3/c1-15-7-11-18(12-8-15)27-22(29)16-9-13-17(14-10-16)26-21-20(25)23(30)28(24(21)31)19-5-3-2-4-6-19/h2-14,26H,1H3,(H,27,29). The van der Waals surface area contributed by atoms with Crippen LogP contribution in [0.15, 0.2) is 89.6 Å². The average molecular weight is 432 g/mol. The number of imide groups is 1. The van der Waals surface area contributed by atoms with E-state index >= 15 is 0 Å². The molecule has 1 heterocycles. The smallest absolute Gasteiger partial charge is 0.283 e. The molecule has 0 radical (unpaired) electrons. The van der Waals surface area contributed by atoms with Crippen molar-refractivity contribution in [2.24, 2.45) is 0 Å². The highest BCUT2D eigenvalue weighted by atomic mass is 35.5. The molecule has 7 heteroatoms. The molecule has 0 saturated carbocycles. The van der Waals surface area contributed by atoms with Crippen molar-refractivity contribution in [3.05, 3.63) is 101 Å². The number of rotatable bonds is 5. The number of para-hydroxylation sites is 1. The molecule has 4 rings (SSSR count). The van der Waals surface area contributed by atoms with Crippen LogP contribution in [0.4, 0.5) is 17.1 Å². The van der Waals surface area contributed by atoms with Gasteiger partial charge in [0.15, 0.2) is 0 Å². The van der Waals surface area contributed by atoms with Gasteiger partial charge in [-0.2, -0.15) is 0 Å². The summed E-state index contributed by atoms with van der Waals surface area (Å²) >= 11 is 6.14. The first-order valence-corrected chi connectivity index (χ1v) is 9.90. The maximum atomic E-state index is 12.8. The molecule has 0 saturated heterocycles. The Balaban J connectivity index is 1.47. The normalized spacial score (nSPS) is 13.5. The van der Waals surface area contributed by atoms with Gasteiger partial charge in [0.25, 0.3) is 17.7 Å². The number of amides is 3. The molecule has 0 bridgehead atoms. The second-order valence-corrected chi connectivity index (χ2v) is 7.37. The van der Waals surface area contributed by atoms with Gasteiger partial charge in [0.1, 0.15) is 10.7 Å². The maximum Gasteiger partial charge on any atom is 0.283 e. The molecule has 0 aromatic heterocycles. The molecular weight excluding hydrogens is 414 g/mol. The monoisotopic (exact) mass is 431 g/mol. The van der Waals surface area contributed by atoms with E-state index in [0.717, 1.165) is 10.5 Å². The lowest BCUT2D eigenvalue weighted by atomic mass is 10.1. The number of nitrogens with one attached hydrogen (secondary N) is 2. The van der Waals surface area contributed by atoms with Crippen molar-refractivity contribution in [3.63, 3.8) is 0 Å².